The first kappa shape index (κ1) is 16.9. The lowest BCUT2D eigenvalue weighted by atomic mass is 10.1. The Morgan fingerprint density at radius 3 is 2.50 bits per heavy atom. The average molecular weight is 275 g/mol. The molecule has 0 saturated carbocycles. The van der Waals surface area contributed by atoms with Gasteiger partial charge in [-0.3, -0.25) is 4.79 Å². The third-order valence-corrected chi connectivity index (χ3v) is 2.22. The van der Waals surface area contributed by atoms with E-state index in [-0.39, 0.29) is 24.9 Å². The molecule has 0 aliphatic rings. The van der Waals surface area contributed by atoms with Crippen molar-refractivity contribution >= 4 is 18.3 Å². The first-order chi connectivity index (χ1) is 8.27. The fourth-order valence-electron chi connectivity index (χ4n) is 1.30. The lowest BCUT2D eigenvalue weighted by molar-refractivity contribution is 0.0838. The quantitative estimate of drug-likeness (QED) is 0.625. The second-order valence-corrected chi connectivity index (χ2v) is 3.49. The van der Waals surface area contributed by atoms with Crippen LogP contribution in [-0.4, -0.2) is 37.4 Å². The Morgan fingerprint density at radius 1 is 1.28 bits per heavy atom. The van der Waals surface area contributed by atoms with Crippen molar-refractivity contribution in [3.8, 4) is 0 Å². The topological polar surface area (TPSA) is 84.6 Å². The lowest BCUT2D eigenvalue weighted by Gasteiger charge is -2.06. The minimum absolute atomic E-state index is 0. The highest BCUT2D eigenvalue weighted by Gasteiger charge is 2.03. The number of carbonyl (C=O) groups is 1. The Kier molecular flexibility index (Phi) is 9.22. The van der Waals surface area contributed by atoms with E-state index in [9.17, 15) is 4.79 Å². The van der Waals surface area contributed by atoms with E-state index in [4.69, 9.17) is 15.6 Å². The van der Waals surface area contributed by atoms with Crippen LogP contribution in [0.4, 0.5) is 0 Å². The Labute approximate surface area is 113 Å². The zero-order valence-corrected chi connectivity index (χ0v) is 10.9. The molecule has 1 aromatic rings. The van der Waals surface area contributed by atoms with E-state index < -0.39 is 0 Å². The number of aliphatic hydroxyl groups excluding tert-OH is 1. The number of halogens is 1. The zero-order chi connectivity index (χ0) is 12.5. The smallest absolute Gasteiger partial charge is 0.251 e. The molecule has 1 rings (SSSR count). The highest BCUT2D eigenvalue weighted by Crippen LogP contribution is 2.03. The van der Waals surface area contributed by atoms with Gasteiger partial charge in [0.2, 0.25) is 0 Å². The summed E-state index contributed by atoms with van der Waals surface area (Å²) in [5.41, 5.74) is 7.06. The maximum absolute atomic E-state index is 11.6. The lowest BCUT2D eigenvalue weighted by Crippen LogP contribution is -2.27. The van der Waals surface area contributed by atoms with E-state index in [2.05, 4.69) is 5.32 Å². The molecule has 1 amide bonds. The molecule has 6 heteroatoms. The van der Waals surface area contributed by atoms with E-state index in [1.807, 2.05) is 12.1 Å². The maximum atomic E-state index is 11.6. The number of aliphatic hydroxyl groups is 1. The summed E-state index contributed by atoms with van der Waals surface area (Å²) in [5, 5.41) is 11.2. The van der Waals surface area contributed by atoms with Crippen LogP contribution in [0.1, 0.15) is 15.9 Å². The minimum Gasteiger partial charge on any atom is -0.394 e. The highest BCUT2D eigenvalue weighted by molar-refractivity contribution is 5.94. The summed E-state index contributed by atoms with van der Waals surface area (Å²) in [5.74, 6) is -0.138. The number of hydrogen-bond donors (Lipinski definition) is 3. The number of ether oxygens (including phenoxy) is 1. The number of nitrogens with two attached hydrogens (primary N) is 1. The van der Waals surface area contributed by atoms with Gasteiger partial charge in [-0.2, -0.15) is 0 Å². The summed E-state index contributed by atoms with van der Waals surface area (Å²) in [7, 11) is 0. The van der Waals surface area contributed by atoms with Gasteiger partial charge in [0.05, 0.1) is 19.8 Å². The third kappa shape index (κ3) is 5.97. The van der Waals surface area contributed by atoms with E-state index in [1.54, 1.807) is 12.1 Å². The first-order valence-electron chi connectivity index (χ1n) is 5.53. The predicted molar refractivity (Wildman–Crippen MR) is 71.8 cm³/mol. The molecule has 18 heavy (non-hydrogen) atoms. The second kappa shape index (κ2) is 9.85. The summed E-state index contributed by atoms with van der Waals surface area (Å²) in [6.45, 7) is 1.58. The molecule has 0 atom stereocenters. The second-order valence-electron chi connectivity index (χ2n) is 3.49. The maximum Gasteiger partial charge on any atom is 0.251 e. The normalized spacial score (nSPS) is 9.67. The Bertz CT molecular complexity index is 344. The van der Waals surface area contributed by atoms with Gasteiger partial charge in [-0.25, -0.2) is 0 Å². The zero-order valence-electron chi connectivity index (χ0n) is 10.1. The van der Waals surface area contributed by atoms with Gasteiger partial charge in [0.15, 0.2) is 0 Å². The van der Waals surface area contributed by atoms with Crippen LogP contribution in [0.2, 0.25) is 0 Å². The predicted octanol–water partition coefficient (Wildman–Crippen LogP) is 0.306. The molecule has 0 aliphatic heterocycles. The molecule has 0 fully saturated rings. The number of amides is 1. The monoisotopic (exact) mass is 274 g/mol. The van der Waals surface area contributed by atoms with Crippen LogP contribution < -0.4 is 11.1 Å². The Balaban J connectivity index is 0.00000289. The molecule has 0 heterocycles. The van der Waals surface area contributed by atoms with E-state index in [1.165, 1.54) is 0 Å². The molecule has 4 N–H and O–H groups in total. The van der Waals surface area contributed by atoms with Crippen molar-refractivity contribution in [1.29, 1.82) is 0 Å². The Hall–Kier alpha value is -1.14. The number of benzene rings is 1. The van der Waals surface area contributed by atoms with Crippen LogP contribution in [0, 0.1) is 0 Å². The summed E-state index contributed by atoms with van der Waals surface area (Å²) in [4.78, 5) is 11.6. The van der Waals surface area contributed by atoms with Crippen molar-refractivity contribution in [2.75, 3.05) is 26.4 Å². The summed E-state index contributed by atoms with van der Waals surface area (Å²) in [6.07, 6.45) is 0. The van der Waals surface area contributed by atoms with Crippen LogP contribution in [0.15, 0.2) is 24.3 Å². The van der Waals surface area contributed by atoms with E-state index in [0.717, 1.165) is 5.56 Å². The molecule has 1 aromatic carbocycles. The van der Waals surface area contributed by atoms with Crippen molar-refractivity contribution in [1.82, 2.24) is 5.32 Å². The molecule has 102 valence electrons. The fourth-order valence-corrected chi connectivity index (χ4v) is 1.30. The first-order valence-corrected chi connectivity index (χ1v) is 5.53. The van der Waals surface area contributed by atoms with Gasteiger partial charge in [0.25, 0.3) is 5.91 Å². The van der Waals surface area contributed by atoms with Crippen LogP contribution >= 0.6 is 12.4 Å². The van der Waals surface area contributed by atoms with Gasteiger partial charge >= 0.3 is 0 Å². The molecular weight excluding hydrogens is 256 g/mol. The minimum atomic E-state index is -0.138. The molecule has 0 radical (unpaired) electrons. The van der Waals surface area contributed by atoms with Crippen LogP contribution in [0.25, 0.3) is 0 Å². The number of carbonyl (C=O) groups excluding carboxylic acids is 1. The molecule has 0 saturated heterocycles. The fraction of sp³-hybridized carbons (Fsp3) is 0.417. The van der Waals surface area contributed by atoms with Crippen molar-refractivity contribution < 1.29 is 14.6 Å². The van der Waals surface area contributed by atoms with Gasteiger partial charge in [-0.05, 0) is 17.7 Å². The molecular formula is C12H19ClN2O3. The van der Waals surface area contributed by atoms with Crippen LogP contribution in [0.5, 0.6) is 0 Å². The third-order valence-electron chi connectivity index (χ3n) is 2.22. The van der Waals surface area contributed by atoms with Gasteiger partial charge in [-0.15, -0.1) is 12.4 Å². The summed E-state index contributed by atoms with van der Waals surface area (Å²) in [6, 6.07) is 7.15. The van der Waals surface area contributed by atoms with Gasteiger partial charge in [0.1, 0.15) is 0 Å². The number of nitrogens with one attached hydrogen (secondary N) is 1. The Morgan fingerprint density at radius 2 is 1.94 bits per heavy atom. The molecule has 0 spiro atoms. The van der Waals surface area contributed by atoms with Gasteiger partial charge in [0, 0.05) is 18.7 Å². The summed E-state index contributed by atoms with van der Waals surface area (Å²) < 4.78 is 5.02. The van der Waals surface area contributed by atoms with Crippen molar-refractivity contribution in [3.05, 3.63) is 35.4 Å². The van der Waals surface area contributed by atoms with Crippen molar-refractivity contribution in [3.63, 3.8) is 0 Å². The average Bonchev–Trinajstić information content (AvgIpc) is 2.38. The van der Waals surface area contributed by atoms with Crippen LogP contribution in [-0.2, 0) is 11.3 Å². The summed E-state index contributed by atoms with van der Waals surface area (Å²) >= 11 is 0. The molecule has 0 aromatic heterocycles. The largest absolute Gasteiger partial charge is 0.394 e. The number of hydrogen-bond acceptors (Lipinski definition) is 4. The highest BCUT2D eigenvalue weighted by atomic mass is 35.5. The number of rotatable bonds is 7. The molecule has 0 aliphatic carbocycles. The SMILES string of the molecule is Cl.NCc1ccc(C(=O)NCCOCCO)cc1. The molecule has 5 nitrogen and oxygen atoms in total. The standard InChI is InChI=1S/C12H18N2O3.ClH/c13-9-10-1-3-11(4-2-10)12(16)14-5-7-17-8-6-15;/h1-4,15H,5-9,13H2,(H,14,16);1H. The van der Waals surface area contributed by atoms with Gasteiger partial charge in [-0.1, -0.05) is 12.1 Å². The van der Waals surface area contributed by atoms with Gasteiger partial charge < -0.3 is 20.9 Å². The van der Waals surface area contributed by atoms with E-state index >= 15 is 0 Å². The van der Waals surface area contributed by atoms with E-state index in [0.29, 0.717) is 31.9 Å². The van der Waals surface area contributed by atoms with Crippen molar-refractivity contribution in [2.24, 2.45) is 5.73 Å². The molecule has 0 bridgehead atoms. The van der Waals surface area contributed by atoms with Crippen LogP contribution in [0.3, 0.4) is 0 Å². The van der Waals surface area contributed by atoms with Crippen molar-refractivity contribution in [2.45, 2.75) is 6.54 Å². The molecule has 0 unspecified atom stereocenters.